The third-order valence-electron chi connectivity index (χ3n) is 1.47. The van der Waals surface area contributed by atoms with E-state index in [-0.39, 0.29) is 5.82 Å². The fourth-order valence-electron chi connectivity index (χ4n) is 0.942. The van der Waals surface area contributed by atoms with Crippen LogP contribution < -0.4 is 0 Å². The van der Waals surface area contributed by atoms with Crippen LogP contribution in [0.3, 0.4) is 0 Å². The van der Waals surface area contributed by atoms with Gasteiger partial charge in [0.15, 0.2) is 5.82 Å². The molecule has 1 aliphatic rings. The summed E-state index contributed by atoms with van der Waals surface area (Å²) >= 11 is 0. The highest BCUT2D eigenvalue weighted by atomic mass is 15.6. The quantitative estimate of drug-likeness (QED) is 0.293. The number of azide groups is 3. The molecule has 0 unspecified atom stereocenters. The molecule has 1 aliphatic heterocycles. The van der Waals surface area contributed by atoms with Crippen LogP contribution in [0.4, 0.5) is 0 Å². The fraction of sp³-hybridized carbons (Fsp3) is 0. The molecule has 0 spiro atoms. The van der Waals surface area contributed by atoms with Crippen molar-refractivity contribution < 1.29 is 0 Å². The van der Waals surface area contributed by atoms with Gasteiger partial charge in [0.05, 0.1) is 0 Å². The van der Waals surface area contributed by atoms with E-state index < -0.39 is 6.98 Å². The summed E-state index contributed by atoms with van der Waals surface area (Å²) in [7, 11) is 0. The van der Waals surface area contributed by atoms with Crippen molar-refractivity contribution in [3.63, 3.8) is 0 Å². The maximum absolute atomic E-state index is 8.29. The second-order valence-electron chi connectivity index (χ2n) is 2.24. The zero-order valence-electron chi connectivity index (χ0n) is 7.28. The van der Waals surface area contributed by atoms with Crippen molar-refractivity contribution in [2.75, 3.05) is 0 Å². The first-order chi connectivity index (χ1) is 7.33. The minimum atomic E-state index is -0.823. The van der Waals surface area contributed by atoms with Gasteiger partial charge in [-0.25, -0.2) is 0 Å². The lowest BCUT2D eigenvalue weighted by Crippen LogP contribution is -2.31. The lowest BCUT2D eigenvalue weighted by Gasteiger charge is -2.17. The molecule has 11 heteroatoms. The van der Waals surface area contributed by atoms with E-state index in [0.29, 0.717) is 0 Å². The van der Waals surface area contributed by atoms with Gasteiger partial charge >= 0.3 is 6.98 Å². The summed E-state index contributed by atoms with van der Waals surface area (Å²) in [6.45, 7) is -0.823. The van der Waals surface area contributed by atoms with E-state index in [1.165, 1.54) is 18.1 Å². The van der Waals surface area contributed by atoms with Crippen LogP contribution in [-0.4, -0.2) is 11.9 Å². The Bertz CT molecular complexity index is 444. The van der Waals surface area contributed by atoms with Crippen LogP contribution in [0.25, 0.3) is 31.3 Å². The van der Waals surface area contributed by atoms with Gasteiger partial charge in [-0.2, -0.15) is 4.91 Å². The molecule has 1 rings (SSSR count). The van der Waals surface area contributed by atoms with Crippen molar-refractivity contribution in [3.05, 3.63) is 55.3 Å². The molecular weight excluding hydrogens is 199 g/mol. The summed E-state index contributed by atoms with van der Waals surface area (Å²) in [5.74, 6) is 1.56. The topological polar surface area (TPSA) is 150 Å². The molecule has 72 valence electrons. The molecule has 0 N–H and O–H groups in total. The summed E-state index contributed by atoms with van der Waals surface area (Å²) in [5.41, 5.74) is 24.8. The average molecular weight is 202 g/mol. The summed E-state index contributed by atoms with van der Waals surface area (Å²) in [4.78, 5) is 8.63. The molecule has 0 saturated carbocycles. The molecule has 10 nitrogen and oxygen atoms in total. The molecule has 0 bridgehead atoms. The van der Waals surface area contributed by atoms with Gasteiger partial charge in [-0.05, 0) is 32.4 Å². The van der Waals surface area contributed by atoms with Gasteiger partial charge in [0.1, 0.15) is 0 Å². The van der Waals surface area contributed by atoms with Crippen LogP contribution in [-0.2, 0) is 0 Å². The van der Waals surface area contributed by atoms with Crippen molar-refractivity contribution in [1.29, 1.82) is 0 Å². The second-order valence-corrected chi connectivity index (χ2v) is 2.24. The van der Waals surface area contributed by atoms with Gasteiger partial charge in [-0.15, -0.1) is 5.53 Å². The summed E-state index contributed by atoms with van der Waals surface area (Å²) in [6, 6.07) is 0. The number of allylic oxidation sites excluding steroid dienone is 2. The van der Waals surface area contributed by atoms with Crippen LogP contribution in [0, 0.1) is 0 Å². The van der Waals surface area contributed by atoms with E-state index in [2.05, 4.69) is 30.1 Å². The summed E-state index contributed by atoms with van der Waals surface area (Å²) in [6.07, 6.45) is 2.96. The maximum atomic E-state index is 8.29. The number of rotatable bonds is 3. The van der Waals surface area contributed by atoms with E-state index in [4.69, 9.17) is 16.6 Å². The Hall–Kier alpha value is -2.73. The summed E-state index contributed by atoms with van der Waals surface area (Å²) < 4.78 is 0. The maximum Gasteiger partial charge on any atom is 0.499 e. The van der Waals surface area contributed by atoms with Gasteiger partial charge in [0.25, 0.3) is 0 Å². The molecule has 0 aliphatic carbocycles. The molecule has 15 heavy (non-hydrogen) atoms. The largest absolute Gasteiger partial charge is 0.499 e. The first kappa shape index (κ1) is 10.4. The SMILES string of the molecule is [N-]=[N+]=NB1C=CC=C(N=[N+]=[N-])N1N=[N+]=[N-]. The molecule has 1 heterocycles. The molecule has 0 saturated heterocycles. The fourth-order valence-corrected chi connectivity index (χ4v) is 0.942. The van der Waals surface area contributed by atoms with Crippen molar-refractivity contribution in [1.82, 2.24) is 4.92 Å². The Morgan fingerprint density at radius 1 is 1.20 bits per heavy atom. The van der Waals surface area contributed by atoms with Crippen LogP contribution in [0.5, 0.6) is 0 Å². The van der Waals surface area contributed by atoms with E-state index in [0.717, 1.165) is 4.92 Å². The highest BCUT2D eigenvalue weighted by Crippen LogP contribution is 2.16. The van der Waals surface area contributed by atoms with Crippen LogP contribution >= 0.6 is 0 Å². The second kappa shape index (κ2) is 5.10. The van der Waals surface area contributed by atoms with E-state index in [1.54, 1.807) is 0 Å². The predicted octanol–water partition coefficient (Wildman–Crippen LogP) is 2.57. The minimum Gasteiger partial charge on any atom is -0.267 e. The van der Waals surface area contributed by atoms with E-state index in [1.807, 2.05) is 0 Å². The number of nitrogens with zero attached hydrogens (tertiary/aromatic N) is 10. The van der Waals surface area contributed by atoms with Crippen molar-refractivity contribution >= 4 is 6.98 Å². The smallest absolute Gasteiger partial charge is 0.267 e. The Balaban J connectivity index is 3.11. The molecule has 0 aromatic rings. The number of hydrogen-bond acceptors (Lipinski definition) is 3. The number of hydrogen-bond donors (Lipinski definition) is 0. The monoisotopic (exact) mass is 202 g/mol. The standard InChI is InChI=1S/C4H3BN10/c6-11-9-4-2-1-3-5(10-12-7)15(4)14-13-8/h1-3H. The highest BCUT2D eigenvalue weighted by Gasteiger charge is 2.28. The van der Waals surface area contributed by atoms with Crippen LogP contribution in [0.2, 0.25) is 0 Å². The molecular formula is C4H3BN10. The van der Waals surface area contributed by atoms with Crippen LogP contribution in [0.15, 0.2) is 39.3 Å². The Morgan fingerprint density at radius 3 is 2.60 bits per heavy atom. The Kier molecular flexibility index (Phi) is 3.52. The van der Waals surface area contributed by atoms with Gasteiger partial charge in [-0.3, -0.25) is 4.92 Å². The average Bonchev–Trinajstić information content (AvgIpc) is 2.23. The van der Waals surface area contributed by atoms with E-state index >= 15 is 0 Å². The zero-order chi connectivity index (χ0) is 11.1. The Morgan fingerprint density at radius 2 is 2.00 bits per heavy atom. The molecule has 0 amide bonds. The normalized spacial score (nSPS) is 13.2. The highest BCUT2D eigenvalue weighted by molar-refractivity contribution is 6.60. The lowest BCUT2D eigenvalue weighted by molar-refractivity contribution is 0.549. The third kappa shape index (κ3) is 2.36. The van der Waals surface area contributed by atoms with Gasteiger partial charge in [0.2, 0.25) is 0 Å². The first-order valence-corrected chi connectivity index (χ1v) is 3.65. The zero-order valence-corrected chi connectivity index (χ0v) is 7.28. The molecule has 0 aromatic heterocycles. The van der Waals surface area contributed by atoms with Crippen LogP contribution in [0.1, 0.15) is 0 Å². The van der Waals surface area contributed by atoms with Gasteiger partial charge in [0, 0.05) is 4.91 Å². The van der Waals surface area contributed by atoms with Crippen molar-refractivity contribution in [3.8, 4) is 0 Å². The van der Waals surface area contributed by atoms with Crippen molar-refractivity contribution in [2.24, 2.45) is 15.4 Å². The lowest BCUT2D eigenvalue weighted by atomic mass is 9.75. The molecule has 0 fully saturated rings. The minimum absolute atomic E-state index is 0.0650. The molecule has 0 aromatic carbocycles. The summed E-state index contributed by atoms with van der Waals surface area (Å²) in [5, 5.41) is 9.88. The van der Waals surface area contributed by atoms with E-state index in [9.17, 15) is 0 Å². The molecule has 0 radical (unpaired) electrons. The Labute approximate surface area is 83.4 Å². The first-order valence-electron chi connectivity index (χ1n) is 3.65. The predicted molar refractivity (Wildman–Crippen MR) is 52.3 cm³/mol. The van der Waals surface area contributed by atoms with Gasteiger partial charge in [-0.1, -0.05) is 17.1 Å². The molecule has 0 atom stereocenters. The van der Waals surface area contributed by atoms with Gasteiger partial charge < -0.3 is 0 Å². The van der Waals surface area contributed by atoms with Crippen molar-refractivity contribution in [2.45, 2.75) is 0 Å². The third-order valence-corrected chi connectivity index (χ3v) is 1.47.